The van der Waals surface area contributed by atoms with Crippen molar-refractivity contribution in [1.29, 1.82) is 0 Å². The Kier molecular flexibility index (Phi) is 11.2. The Labute approximate surface area is 155 Å². The van der Waals surface area contributed by atoms with E-state index in [0.717, 1.165) is 30.4 Å². The predicted octanol–water partition coefficient (Wildman–Crippen LogP) is 2.80. The van der Waals surface area contributed by atoms with Crippen LogP contribution in [0.5, 0.6) is 0 Å². The van der Waals surface area contributed by atoms with Crippen LogP contribution in [0.4, 0.5) is 0 Å². The fourth-order valence-electron chi connectivity index (χ4n) is 2.42. The van der Waals surface area contributed by atoms with Gasteiger partial charge in [-0.25, -0.2) is 0 Å². The lowest BCUT2D eigenvalue weighted by Crippen LogP contribution is -2.39. The zero-order valence-corrected chi connectivity index (χ0v) is 16.8. The second-order valence-corrected chi connectivity index (χ2v) is 7.65. The Morgan fingerprint density at radius 3 is 2.52 bits per heavy atom. The molecule has 6 heteroatoms. The van der Waals surface area contributed by atoms with Gasteiger partial charge in [0.15, 0.2) is 5.96 Å². The standard InChI is InChI=1S/C19H33N3O2S/c1-5-20-19(21-13-12-18(16(3)4)24-6-2)22-14-15-25(23)17-10-8-7-9-11-17/h7-11,16,18H,5-6,12-15H2,1-4H3,(H2,20,21,22). The SMILES string of the molecule is CCNC(=NCCC(OCC)C(C)C)NCCS(=O)c1ccccc1. The molecule has 1 rings (SSSR count). The van der Waals surface area contributed by atoms with Gasteiger partial charge in [0.1, 0.15) is 0 Å². The van der Waals surface area contributed by atoms with Gasteiger partial charge >= 0.3 is 0 Å². The molecule has 1 aromatic carbocycles. The van der Waals surface area contributed by atoms with E-state index in [1.807, 2.05) is 44.2 Å². The highest BCUT2D eigenvalue weighted by molar-refractivity contribution is 7.85. The van der Waals surface area contributed by atoms with Crippen LogP contribution >= 0.6 is 0 Å². The molecule has 0 saturated heterocycles. The summed E-state index contributed by atoms with van der Waals surface area (Å²) in [7, 11) is -0.991. The first-order valence-corrected chi connectivity index (χ1v) is 10.5. The molecule has 0 aliphatic heterocycles. The van der Waals surface area contributed by atoms with Crippen molar-refractivity contribution in [1.82, 2.24) is 10.6 Å². The molecule has 2 atom stereocenters. The Balaban J connectivity index is 2.43. The highest BCUT2D eigenvalue weighted by Gasteiger charge is 2.12. The molecule has 0 radical (unpaired) electrons. The molecule has 0 amide bonds. The Hall–Kier alpha value is -1.40. The van der Waals surface area contributed by atoms with Gasteiger partial charge in [0.2, 0.25) is 0 Å². The molecule has 0 bridgehead atoms. The number of hydrogen-bond donors (Lipinski definition) is 2. The summed E-state index contributed by atoms with van der Waals surface area (Å²) in [5, 5.41) is 6.49. The van der Waals surface area contributed by atoms with Crippen LogP contribution in [0.15, 0.2) is 40.2 Å². The lowest BCUT2D eigenvalue weighted by Gasteiger charge is -2.20. The first-order chi connectivity index (χ1) is 12.1. The fourth-order valence-corrected chi connectivity index (χ4v) is 3.40. The summed E-state index contributed by atoms with van der Waals surface area (Å²) in [6.45, 7) is 11.3. The first-order valence-electron chi connectivity index (χ1n) is 9.15. The van der Waals surface area contributed by atoms with Crippen molar-refractivity contribution in [2.45, 2.75) is 45.1 Å². The average molecular weight is 368 g/mol. The van der Waals surface area contributed by atoms with Crippen LogP contribution in [0.25, 0.3) is 0 Å². The van der Waals surface area contributed by atoms with Crippen LogP contribution in [-0.2, 0) is 15.5 Å². The molecule has 2 unspecified atom stereocenters. The summed E-state index contributed by atoms with van der Waals surface area (Å²) in [6.07, 6.45) is 1.14. The molecule has 2 N–H and O–H groups in total. The summed E-state index contributed by atoms with van der Waals surface area (Å²) >= 11 is 0. The lowest BCUT2D eigenvalue weighted by molar-refractivity contribution is 0.0266. The predicted molar refractivity (Wildman–Crippen MR) is 107 cm³/mol. The monoisotopic (exact) mass is 367 g/mol. The van der Waals surface area contributed by atoms with Gasteiger partial charge in [0.25, 0.3) is 0 Å². The summed E-state index contributed by atoms with van der Waals surface area (Å²) in [6, 6.07) is 9.55. The molecule has 0 aliphatic carbocycles. The van der Waals surface area contributed by atoms with E-state index < -0.39 is 10.8 Å². The van der Waals surface area contributed by atoms with E-state index in [0.29, 0.717) is 24.8 Å². The third kappa shape index (κ3) is 9.02. The molecular weight excluding hydrogens is 334 g/mol. The minimum atomic E-state index is -0.991. The van der Waals surface area contributed by atoms with Crippen molar-refractivity contribution in [3.05, 3.63) is 30.3 Å². The second kappa shape index (κ2) is 12.9. The number of ether oxygens (including phenoxy) is 1. The van der Waals surface area contributed by atoms with Crippen LogP contribution in [0.2, 0.25) is 0 Å². The van der Waals surface area contributed by atoms with Crippen LogP contribution in [0, 0.1) is 5.92 Å². The van der Waals surface area contributed by atoms with E-state index in [4.69, 9.17) is 4.74 Å². The zero-order chi connectivity index (χ0) is 18.5. The minimum absolute atomic E-state index is 0.238. The number of benzene rings is 1. The van der Waals surface area contributed by atoms with Gasteiger partial charge in [-0.1, -0.05) is 32.0 Å². The molecule has 0 spiro atoms. The highest BCUT2D eigenvalue weighted by atomic mass is 32.2. The number of hydrogen-bond acceptors (Lipinski definition) is 3. The van der Waals surface area contributed by atoms with Gasteiger partial charge in [-0.3, -0.25) is 9.20 Å². The Morgan fingerprint density at radius 1 is 1.20 bits per heavy atom. The van der Waals surface area contributed by atoms with E-state index in [1.165, 1.54) is 0 Å². The smallest absolute Gasteiger partial charge is 0.191 e. The van der Waals surface area contributed by atoms with Crippen LogP contribution < -0.4 is 10.6 Å². The first kappa shape index (κ1) is 21.6. The summed E-state index contributed by atoms with van der Waals surface area (Å²) in [4.78, 5) is 5.47. The molecule has 1 aromatic rings. The molecule has 0 aromatic heterocycles. The van der Waals surface area contributed by atoms with E-state index in [2.05, 4.69) is 29.5 Å². The Bertz CT molecular complexity index is 521. The van der Waals surface area contributed by atoms with Crippen molar-refractivity contribution >= 4 is 16.8 Å². The minimum Gasteiger partial charge on any atom is -0.378 e. The van der Waals surface area contributed by atoms with Crippen molar-refractivity contribution in [2.24, 2.45) is 10.9 Å². The molecular formula is C19H33N3O2S. The molecule has 0 heterocycles. The van der Waals surface area contributed by atoms with Crippen LogP contribution in [0.3, 0.4) is 0 Å². The zero-order valence-electron chi connectivity index (χ0n) is 16.0. The van der Waals surface area contributed by atoms with Crippen LogP contribution in [-0.4, -0.2) is 48.3 Å². The maximum atomic E-state index is 12.2. The van der Waals surface area contributed by atoms with Gasteiger partial charge in [-0.05, 0) is 38.3 Å². The average Bonchev–Trinajstić information content (AvgIpc) is 2.61. The van der Waals surface area contributed by atoms with Crippen molar-refractivity contribution < 1.29 is 8.95 Å². The fraction of sp³-hybridized carbons (Fsp3) is 0.632. The lowest BCUT2D eigenvalue weighted by atomic mass is 10.0. The summed E-state index contributed by atoms with van der Waals surface area (Å²) in [5.41, 5.74) is 0. The van der Waals surface area contributed by atoms with E-state index >= 15 is 0 Å². The summed E-state index contributed by atoms with van der Waals surface area (Å²) < 4.78 is 18.0. The van der Waals surface area contributed by atoms with Gasteiger partial charge in [-0.2, -0.15) is 0 Å². The maximum Gasteiger partial charge on any atom is 0.191 e. The van der Waals surface area contributed by atoms with Gasteiger partial charge in [-0.15, -0.1) is 0 Å². The summed E-state index contributed by atoms with van der Waals surface area (Å²) in [5.74, 6) is 1.81. The number of nitrogens with one attached hydrogen (secondary N) is 2. The van der Waals surface area contributed by atoms with E-state index in [9.17, 15) is 4.21 Å². The molecule has 0 saturated carbocycles. The number of aliphatic imine (C=N–C) groups is 1. The van der Waals surface area contributed by atoms with Crippen LogP contribution in [0.1, 0.15) is 34.1 Å². The van der Waals surface area contributed by atoms with E-state index in [1.54, 1.807) is 0 Å². The van der Waals surface area contributed by atoms with Gasteiger partial charge < -0.3 is 15.4 Å². The topological polar surface area (TPSA) is 62.7 Å². The van der Waals surface area contributed by atoms with Crippen molar-refractivity contribution in [3.8, 4) is 0 Å². The quantitative estimate of drug-likeness (QED) is 0.466. The van der Waals surface area contributed by atoms with Gasteiger partial charge in [0, 0.05) is 36.9 Å². The molecule has 25 heavy (non-hydrogen) atoms. The van der Waals surface area contributed by atoms with E-state index in [-0.39, 0.29) is 6.10 Å². The van der Waals surface area contributed by atoms with Gasteiger partial charge in [0.05, 0.1) is 16.9 Å². The number of rotatable bonds is 11. The van der Waals surface area contributed by atoms with Crippen molar-refractivity contribution in [2.75, 3.05) is 32.0 Å². The van der Waals surface area contributed by atoms with Crippen molar-refractivity contribution in [3.63, 3.8) is 0 Å². The third-order valence-corrected chi connectivity index (χ3v) is 5.11. The number of nitrogens with zero attached hydrogens (tertiary/aromatic N) is 1. The number of guanidine groups is 1. The maximum absolute atomic E-state index is 12.2. The normalized spacial score (nSPS) is 14.4. The largest absolute Gasteiger partial charge is 0.378 e. The Morgan fingerprint density at radius 2 is 1.92 bits per heavy atom. The third-order valence-electron chi connectivity index (χ3n) is 3.74. The molecule has 0 fully saturated rings. The molecule has 0 aliphatic rings. The second-order valence-electron chi connectivity index (χ2n) is 6.08. The molecule has 142 valence electrons. The highest BCUT2D eigenvalue weighted by Crippen LogP contribution is 2.10. The molecule has 5 nitrogen and oxygen atoms in total.